The molecule has 0 fully saturated rings. The number of benzene rings is 1. The van der Waals surface area contributed by atoms with Crippen molar-refractivity contribution >= 4 is 17.4 Å². The number of hydrogen-bond acceptors (Lipinski definition) is 6. The molecule has 0 saturated heterocycles. The van der Waals surface area contributed by atoms with Gasteiger partial charge in [-0.05, 0) is 38.0 Å². The molecule has 8 heteroatoms. The fourth-order valence-corrected chi connectivity index (χ4v) is 3.35. The van der Waals surface area contributed by atoms with Gasteiger partial charge in [-0.3, -0.25) is 18.8 Å². The largest absolute Gasteiger partial charge is 0.507 e. The lowest BCUT2D eigenvalue weighted by molar-refractivity contribution is -0.136. The Labute approximate surface area is 178 Å². The van der Waals surface area contributed by atoms with Crippen LogP contribution in [0, 0.1) is 0 Å². The number of carbonyl (C=O) groups excluding carboxylic acids is 1. The maximum Gasteiger partial charge on any atom is 0.303 e. The number of phenolic OH excluding ortho intramolecular Hbond substituents is 1. The molecule has 3 aromatic rings. The highest BCUT2D eigenvalue weighted by molar-refractivity contribution is 5.97. The minimum absolute atomic E-state index is 0.0612. The number of ketones is 1. The van der Waals surface area contributed by atoms with Crippen LogP contribution in [0.1, 0.15) is 53.7 Å². The second kappa shape index (κ2) is 9.42. The quantitative estimate of drug-likeness (QED) is 0.507. The van der Waals surface area contributed by atoms with E-state index >= 15 is 0 Å². The lowest BCUT2D eigenvalue weighted by atomic mass is 10.0. The minimum atomic E-state index is -0.978. The van der Waals surface area contributed by atoms with Crippen molar-refractivity contribution in [3.05, 3.63) is 69.3 Å². The first-order valence-corrected chi connectivity index (χ1v) is 10.0. The molecule has 0 saturated carbocycles. The van der Waals surface area contributed by atoms with Gasteiger partial charge in [-0.15, -0.1) is 0 Å². The van der Waals surface area contributed by atoms with Gasteiger partial charge >= 0.3 is 5.97 Å². The third kappa shape index (κ3) is 4.91. The topological polar surface area (TPSA) is 118 Å². The smallest absolute Gasteiger partial charge is 0.303 e. The van der Waals surface area contributed by atoms with E-state index in [1.807, 2.05) is 6.92 Å². The highest BCUT2D eigenvalue weighted by Crippen LogP contribution is 2.33. The molecule has 2 heterocycles. The fourth-order valence-electron chi connectivity index (χ4n) is 3.35. The van der Waals surface area contributed by atoms with Gasteiger partial charge in [-0.25, -0.2) is 4.98 Å². The highest BCUT2D eigenvalue weighted by atomic mass is 16.5. The number of carboxylic acids is 1. The number of carbonyl (C=O) groups is 2. The van der Waals surface area contributed by atoms with Crippen LogP contribution in [0.5, 0.6) is 11.5 Å². The van der Waals surface area contributed by atoms with Gasteiger partial charge in [0, 0.05) is 35.5 Å². The number of carboxylic acid groups (broad SMARTS) is 1. The molecule has 0 radical (unpaired) electrons. The van der Waals surface area contributed by atoms with E-state index in [1.54, 1.807) is 24.4 Å². The molecule has 0 aliphatic rings. The molecule has 162 valence electrons. The molecule has 31 heavy (non-hydrogen) atoms. The molecule has 2 aromatic heterocycles. The van der Waals surface area contributed by atoms with E-state index < -0.39 is 5.97 Å². The first kappa shape index (κ1) is 22.0. The Kier molecular flexibility index (Phi) is 6.69. The summed E-state index contributed by atoms with van der Waals surface area (Å²) in [6.45, 7) is 3.50. The van der Waals surface area contributed by atoms with Gasteiger partial charge in [0.05, 0.1) is 5.56 Å². The van der Waals surface area contributed by atoms with Crippen LogP contribution in [0.25, 0.3) is 5.65 Å². The molecule has 0 aliphatic heterocycles. The normalized spacial score (nSPS) is 10.9. The van der Waals surface area contributed by atoms with Gasteiger partial charge in [0.15, 0.2) is 5.78 Å². The highest BCUT2D eigenvalue weighted by Gasteiger charge is 2.16. The summed E-state index contributed by atoms with van der Waals surface area (Å²) in [6.07, 6.45) is 4.29. The van der Waals surface area contributed by atoms with Crippen molar-refractivity contribution < 1.29 is 24.5 Å². The SMILES string of the molecule is CCCc1c(OCc2ccc3ncc(CCC(=O)O)c(=O)n3c2)ccc(C(C)=O)c1O. The summed E-state index contributed by atoms with van der Waals surface area (Å²) in [5, 5.41) is 19.3. The molecule has 3 rings (SSSR count). The maximum absolute atomic E-state index is 12.7. The zero-order chi connectivity index (χ0) is 22.5. The first-order valence-electron chi connectivity index (χ1n) is 10.0. The predicted molar refractivity (Wildman–Crippen MR) is 114 cm³/mol. The molecule has 0 atom stereocenters. The number of aliphatic carboxylic acids is 1. The lowest BCUT2D eigenvalue weighted by Gasteiger charge is -2.15. The summed E-state index contributed by atoms with van der Waals surface area (Å²) in [7, 11) is 0. The van der Waals surface area contributed by atoms with E-state index in [-0.39, 0.29) is 42.1 Å². The third-order valence-electron chi connectivity index (χ3n) is 4.96. The first-order chi connectivity index (χ1) is 14.8. The van der Waals surface area contributed by atoms with Gasteiger partial charge in [0.25, 0.3) is 5.56 Å². The standard InChI is InChI=1S/C23H24N2O6/c1-3-4-18-19(8-7-17(14(2)26)22(18)29)31-13-15-5-9-20-24-11-16(6-10-21(27)28)23(30)25(20)12-15/h5,7-9,11-12,29H,3-4,6,10,13H2,1-2H3,(H,27,28). The average molecular weight is 424 g/mol. The van der Waals surface area contributed by atoms with Crippen LogP contribution in [0.2, 0.25) is 0 Å². The van der Waals surface area contributed by atoms with E-state index in [9.17, 15) is 19.5 Å². The second-order valence-corrected chi connectivity index (χ2v) is 7.28. The van der Waals surface area contributed by atoms with E-state index in [2.05, 4.69) is 4.98 Å². The van der Waals surface area contributed by atoms with Crippen LogP contribution in [0.15, 0.2) is 41.5 Å². The number of nitrogens with zero attached hydrogens (tertiary/aromatic N) is 2. The van der Waals surface area contributed by atoms with E-state index in [1.165, 1.54) is 23.6 Å². The molecular formula is C23H24N2O6. The Balaban J connectivity index is 1.88. The fraction of sp³-hybridized carbons (Fsp3) is 0.304. The molecule has 0 unspecified atom stereocenters. The second-order valence-electron chi connectivity index (χ2n) is 7.28. The summed E-state index contributed by atoms with van der Waals surface area (Å²) >= 11 is 0. The summed E-state index contributed by atoms with van der Waals surface area (Å²) < 4.78 is 7.28. The van der Waals surface area contributed by atoms with Crippen molar-refractivity contribution in [3.63, 3.8) is 0 Å². The van der Waals surface area contributed by atoms with Crippen molar-refractivity contribution in [3.8, 4) is 11.5 Å². The van der Waals surface area contributed by atoms with Crippen molar-refractivity contribution in [1.29, 1.82) is 0 Å². The van der Waals surface area contributed by atoms with Gasteiger partial charge in [-0.2, -0.15) is 0 Å². The number of ether oxygens (including phenoxy) is 1. The number of aromatic hydroxyl groups is 1. The zero-order valence-electron chi connectivity index (χ0n) is 17.4. The maximum atomic E-state index is 12.7. The number of rotatable bonds is 9. The number of hydrogen-bond donors (Lipinski definition) is 2. The van der Waals surface area contributed by atoms with Crippen molar-refractivity contribution in [1.82, 2.24) is 9.38 Å². The minimum Gasteiger partial charge on any atom is -0.507 e. The Morgan fingerprint density at radius 1 is 1.16 bits per heavy atom. The van der Waals surface area contributed by atoms with Crippen LogP contribution in [0.3, 0.4) is 0 Å². The lowest BCUT2D eigenvalue weighted by Crippen LogP contribution is -2.20. The Bertz CT molecular complexity index is 1200. The average Bonchev–Trinajstić information content (AvgIpc) is 2.73. The van der Waals surface area contributed by atoms with E-state index in [0.29, 0.717) is 34.5 Å². The molecule has 0 aliphatic carbocycles. The third-order valence-corrected chi connectivity index (χ3v) is 4.96. The number of fused-ring (bicyclic) bond motifs is 1. The summed E-state index contributed by atoms with van der Waals surface area (Å²) in [6, 6.07) is 6.67. The van der Waals surface area contributed by atoms with E-state index in [4.69, 9.17) is 9.84 Å². The Hall–Kier alpha value is -3.68. The summed E-state index contributed by atoms with van der Waals surface area (Å²) in [5.74, 6) is -0.783. The van der Waals surface area contributed by atoms with E-state index in [0.717, 1.165) is 6.42 Å². The molecule has 0 bridgehead atoms. The van der Waals surface area contributed by atoms with Crippen LogP contribution in [0.4, 0.5) is 0 Å². The monoisotopic (exact) mass is 424 g/mol. The number of aromatic nitrogens is 2. The summed E-state index contributed by atoms with van der Waals surface area (Å²) in [5.41, 5.74) is 1.99. The molecule has 0 amide bonds. The van der Waals surface area contributed by atoms with Gasteiger partial charge in [0.1, 0.15) is 23.8 Å². The van der Waals surface area contributed by atoms with Crippen molar-refractivity contribution in [2.45, 2.75) is 46.1 Å². The number of phenols is 1. The van der Waals surface area contributed by atoms with Crippen LogP contribution >= 0.6 is 0 Å². The van der Waals surface area contributed by atoms with Gasteiger partial charge in [0.2, 0.25) is 0 Å². The van der Waals surface area contributed by atoms with Crippen LogP contribution in [-0.4, -0.2) is 31.4 Å². The molecule has 8 nitrogen and oxygen atoms in total. The number of Topliss-reactive ketones (excluding diaryl/α,β-unsaturated/α-hetero) is 1. The van der Waals surface area contributed by atoms with Gasteiger partial charge < -0.3 is 14.9 Å². The van der Waals surface area contributed by atoms with Crippen LogP contribution in [-0.2, 0) is 24.2 Å². The summed E-state index contributed by atoms with van der Waals surface area (Å²) in [4.78, 5) is 39.4. The Morgan fingerprint density at radius 3 is 2.61 bits per heavy atom. The van der Waals surface area contributed by atoms with Gasteiger partial charge in [-0.1, -0.05) is 19.4 Å². The Morgan fingerprint density at radius 2 is 1.94 bits per heavy atom. The molecule has 1 aromatic carbocycles. The molecule has 0 spiro atoms. The zero-order valence-corrected chi connectivity index (χ0v) is 17.4. The molecule has 2 N–H and O–H groups in total. The van der Waals surface area contributed by atoms with Crippen molar-refractivity contribution in [2.75, 3.05) is 0 Å². The predicted octanol–water partition coefficient (Wildman–Crippen LogP) is 3.15. The van der Waals surface area contributed by atoms with Crippen LogP contribution < -0.4 is 10.3 Å². The molecular weight excluding hydrogens is 400 g/mol. The number of pyridine rings is 1. The van der Waals surface area contributed by atoms with Crippen molar-refractivity contribution in [2.24, 2.45) is 0 Å². The number of aryl methyl sites for hydroxylation is 1.